The second-order valence-corrected chi connectivity index (χ2v) is 5.76. The third-order valence-corrected chi connectivity index (χ3v) is 4.76. The largest absolute Gasteiger partial charge is 0.387 e. The van der Waals surface area contributed by atoms with Gasteiger partial charge >= 0.3 is 0 Å². The number of aliphatic hydroxyl groups excluding tert-OH is 1. The summed E-state index contributed by atoms with van der Waals surface area (Å²) >= 11 is 13.1. The highest BCUT2D eigenvalue weighted by Crippen LogP contribution is 2.34. The Balaban J connectivity index is 2.18. The number of hydrogen-bond acceptors (Lipinski definition) is 2. The number of benzene rings is 1. The molecule has 1 N–H and O–H groups in total. The summed E-state index contributed by atoms with van der Waals surface area (Å²) in [6.45, 7) is 1.89. The van der Waals surface area contributed by atoms with Crippen LogP contribution in [0, 0.1) is 12.7 Å². The van der Waals surface area contributed by atoms with Gasteiger partial charge in [-0.3, -0.25) is 0 Å². The monoisotopic (exact) mass is 304 g/mol. The van der Waals surface area contributed by atoms with Crippen LogP contribution in [-0.2, 0) is 6.42 Å². The van der Waals surface area contributed by atoms with Gasteiger partial charge in [-0.1, -0.05) is 29.3 Å². The van der Waals surface area contributed by atoms with E-state index in [0.717, 1.165) is 5.56 Å². The summed E-state index contributed by atoms with van der Waals surface area (Å²) in [5.41, 5.74) is 1.63. The second kappa shape index (κ2) is 5.57. The fourth-order valence-corrected chi connectivity index (χ4v) is 3.08. The average Bonchev–Trinajstić information content (AvgIpc) is 2.65. The van der Waals surface area contributed by atoms with E-state index >= 15 is 0 Å². The van der Waals surface area contributed by atoms with E-state index in [1.165, 1.54) is 23.5 Å². The summed E-state index contributed by atoms with van der Waals surface area (Å²) in [5.74, 6) is -0.477. The molecule has 0 spiro atoms. The van der Waals surface area contributed by atoms with Crippen molar-refractivity contribution < 1.29 is 9.50 Å². The van der Waals surface area contributed by atoms with Crippen LogP contribution < -0.4 is 0 Å². The Bertz CT molecular complexity index is 568. The number of halogens is 3. The molecule has 1 unspecified atom stereocenters. The Morgan fingerprint density at radius 2 is 2.11 bits per heavy atom. The van der Waals surface area contributed by atoms with E-state index in [9.17, 15) is 9.50 Å². The molecule has 1 aromatic heterocycles. The molecule has 18 heavy (non-hydrogen) atoms. The maximum atomic E-state index is 13.3. The van der Waals surface area contributed by atoms with Gasteiger partial charge < -0.3 is 5.11 Å². The van der Waals surface area contributed by atoms with Crippen molar-refractivity contribution in [3.8, 4) is 0 Å². The molecule has 0 radical (unpaired) electrons. The molecular weight excluding hydrogens is 294 g/mol. The van der Waals surface area contributed by atoms with Crippen LogP contribution in [-0.4, -0.2) is 5.11 Å². The molecule has 0 aliphatic carbocycles. The fourth-order valence-electron chi connectivity index (χ4n) is 1.66. The summed E-state index contributed by atoms with van der Waals surface area (Å²) in [6, 6.07) is 4.52. The minimum atomic E-state index is -0.725. The van der Waals surface area contributed by atoms with Gasteiger partial charge in [0.1, 0.15) is 5.82 Å². The van der Waals surface area contributed by atoms with Crippen molar-refractivity contribution >= 4 is 34.5 Å². The van der Waals surface area contributed by atoms with E-state index in [4.69, 9.17) is 23.2 Å². The smallest absolute Gasteiger partial charge is 0.142 e. The first kappa shape index (κ1) is 13.8. The van der Waals surface area contributed by atoms with Crippen molar-refractivity contribution in [2.45, 2.75) is 19.4 Å². The fraction of sp³-hybridized carbons (Fsp3) is 0.231. The average molecular weight is 305 g/mol. The van der Waals surface area contributed by atoms with Gasteiger partial charge in [-0.15, -0.1) is 11.3 Å². The summed E-state index contributed by atoms with van der Waals surface area (Å²) in [7, 11) is 0. The first-order valence-electron chi connectivity index (χ1n) is 5.34. The number of hydrogen-bond donors (Lipinski definition) is 1. The van der Waals surface area contributed by atoms with Gasteiger partial charge in [-0.25, -0.2) is 4.39 Å². The minimum absolute atomic E-state index is 0.0817. The van der Waals surface area contributed by atoms with Crippen molar-refractivity contribution in [3.63, 3.8) is 0 Å². The lowest BCUT2D eigenvalue weighted by molar-refractivity contribution is 0.182. The lowest BCUT2D eigenvalue weighted by Gasteiger charge is -2.10. The quantitative estimate of drug-likeness (QED) is 0.865. The zero-order chi connectivity index (χ0) is 13.3. The van der Waals surface area contributed by atoms with E-state index < -0.39 is 11.9 Å². The van der Waals surface area contributed by atoms with Gasteiger partial charge in [0.05, 0.1) is 21.0 Å². The van der Waals surface area contributed by atoms with E-state index in [1.54, 1.807) is 6.07 Å². The molecule has 2 rings (SSSR count). The van der Waals surface area contributed by atoms with E-state index in [0.29, 0.717) is 21.9 Å². The van der Waals surface area contributed by atoms with Crippen molar-refractivity contribution in [2.24, 2.45) is 0 Å². The molecular formula is C13H11Cl2FOS. The molecule has 1 atom stereocenters. The van der Waals surface area contributed by atoms with Crippen LogP contribution >= 0.6 is 34.5 Å². The Kier molecular flexibility index (Phi) is 4.28. The Labute approximate surface area is 119 Å². The number of aliphatic hydroxyl groups is 1. The van der Waals surface area contributed by atoms with Gasteiger partial charge in [0.2, 0.25) is 0 Å². The van der Waals surface area contributed by atoms with Gasteiger partial charge in [-0.2, -0.15) is 0 Å². The molecule has 2 aromatic rings. The van der Waals surface area contributed by atoms with Crippen LogP contribution in [0.15, 0.2) is 23.6 Å². The van der Waals surface area contributed by atoms with E-state index in [-0.39, 0.29) is 5.02 Å². The van der Waals surface area contributed by atoms with Crippen molar-refractivity contribution in [3.05, 3.63) is 55.4 Å². The molecule has 1 nitrogen and oxygen atoms in total. The first-order chi connectivity index (χ1) is 8.49. The standard InChI is InChI=1S/C13H11Cl2FOS/c1-7-6-18-13(12(7)15)11(17)5-8-2-3-9(14)10(16)4-8/h2-4,6,11,17H,5H2,1H3. The second-order valence-electron chi connectivity index (χ2n) is 4.07. The molecule has 0 bridgehead atoms. The molecule has 0 saturated carbocycles. The maximum Gasteiger partial charge on any atom is 0.142 e. The van der Waals surface area contributed by atoms with Gasteiger partial charge in [-0.05, 0) is 35.6 Å². The van der Waals surface area contributed by atoms with Gasteiger partial charge in [0.15, 0.2) is 0 Å². The number of aryl methyl sites for hydroxylation is 1. The zero-order valence-electron chi connectivity index (χ0n) is 9.58. The number of thiophene rings is 1. The highest BCUT2D eigenvalue weighted by Gasteiger charge is 2.16. The third-order valence-electron chi connectivity index (χ3n) is 2.64. The number of rotatable bonds is 3. The Hall–Kier alpha value is -0.610. The topological polar surface area (TPSA) is 20.2 Å². The molecule has 96 valence electrons. The molecule has 0 amide bonds. The summed E-state index contributed by atoms with van der Waals surface area (Å²) in [4.78, 5) is 0.713. The summed E-state index contributed by atoms with van der Waals surface area (Å²) in [6.07, 6.45) is -0.412. The molecule has 1 heterocycles. The van der Waals surface area contributed by atoms with Crippen LogP contribution in [0.3, 0.4) is 0 Å². The predicted octanol–water partition coefficient (Wildman–Crippen LogP) is 4.78. The molecule has 5 heteroatoms. The van der Waals surface area contributed by atoms with Gasteiger partial charge in [0, 0.05) is 6.42 Å². The molecule has 0 aliphatic rings. The third kappa shape index (κ3) is 2.86. The molecule has 0 fully saturated rings. The van der Waals surface area contributed by atoms with Crippen LogP contribution in [0.25, 0.3) is 0 Å². The van der Waals surface area contributed by atoms with Crippen LogP contribution in [0.4, 0.5) is 4.39 Å². The van der Waals surface area contributed by atoms with Crippen molar-refractivity contribution in [2.75, 3.05) is 0 Å². The van der Waals surface area contributed by atoms with Gasteiger partial charge in [0.25, 0.3) is 0 Å². The Morgan fingerprint density at radius 3 is 2.67 bits per heavy atom. The Morgan fingerprint density at radius 1 is 1.39 bits per heavy atom. The summed E-state index contributed by atoms with van der Waals surface area (Å²) in [5, 5.41) is 12.7. The first-order valence-corrected chi connectivity index (χ1v) is 6.98. The molecule has 1 aromatic carbocycles. The zero-order valence-corrected chi connectivity index (χ0v) is 11.9. The highest BCUT2D eigenvalue weighted by molar-refractivity contribution is 7.10. The lowest BCUT2D eigenvalue weighted by atomic mass is 10.1. The highest BCUT2D eigenvalue weighted by atomic mass is 35.5. The predicted molar refractivity (Wildman–Crippen MR) is 74.1 cm³/mol. The molecule has 0 saturated heterocycles. The van der Waals surface area contributed by atoms with E-state index in [1.807, 2.05) is 12.3 Å². The summed E-state index contributed by atoms with van der Waals surface area (Å²) < 4.78 is 13.3. The normalized spacial score (nSPS) is 12.7. The van der Waals surface area contributed by atoms with Crippen LogP contribution in [0.5, 0.6) is 0 Å². The van der Waals surface area contributed by atoms with Crippen LogP contribution in [0.2, 0.25) is 10.0 Å². The van der Waals surface area contributed by atoms with Crippen molar-refractivity contribution in [1.82, 2.24) is 0 Å². The van der Waals surface area contributed by atoms with Crippen molar-refractivity contribution in [1.29, 1.82) is 0 Å². The lowest BCUT2D eigenvalue weighted by Crippen LogP contribution is -2.00. The maximum absolute atomic E-state index is 13.3. The van der Waals surface area contributed by atoms with Crippen LogP contribution in [0.1, 0.15) is 22.1 Å². The molecule has 0 aliphatic heterocycles. The van der Waals surface area contributed by atoms with E-state index in [2.05, 4.69) is 0 Å². The SMILES string of the molecule is Cc1csc(C(O)Cc2ccc(Cl)c(F)c2)c1Cl. The minimum Gasteiger partial charge on any atom is -0.387 e.